The zero-order valence-electron chi connectivity index (χ0n) is 20.2. The normalized spacial score (nSPS) is 16.0. The molecule has 0 aromatic carbocycles. The molecule has 0 bridgehead atoms. The van der Waals surface area contributed by atoms with Crippen LogP contribution in [0.25, 0.3) is 0 Å². The molecule has 0 aromatic rings. The largest absolute Gasteiger partial charge is 0.449 e. The molecule has 0 aromatic heterocycles. The maximum atomic E-state index is 12.1. The van der Waals surface area contributed by atoms with Gasteiger partial charge in [0.1, 0.15) is 0 Å². The second-order valence-electron chi connectivity index (χ2n) is 9.05. The number of ether oxygens (including phenoxy) is 1. The molecule has 1 atom stereocenters. The Balaban J connectivity index is 1.87. The number of likely N-dealkylation sites (tertiary alicyclic amines) is 1. The number of unbranched alkanes of at least 4 members (excludes halogenated alkanes) is 15. The smallest absolute Gasteiger partial charge is 0.334 e. The van der Waals surface area contributed by atoms with Crippen LogP contribution in [0.3, 0.4) is 0 Å². The first-order valence-corrected chi connectivity index (χ1v) is 12.9. The molecule has 1 saturated heterocycles. The van der Waals surface area contributed by atoms with Crippen molar-refractivity contribution in [1.82, 2.24) is 4.90 Å². The summed E-state index contributed by atoms with van der Waals surface area (Å²) in [5, 5.41) is 0. The Hall–Kier alpha value is -1.58. The summed E-state index contributed by atoms with van der Waals surface area (Å²) in [4.78, 5) is 25.6. The second-order valence-corrected chi connectivity index (χ2v) is 9.05. The molecule has 4 nitrogen and oxygen atoms in total. The van der Waals surface area contributed by atoms with Crippen molar-refractivity contribution in [2.24, 2.45) is 0 Å². The average molecular weight is 434 g/mol. The van der Waals surface area contributed by atoms with E-state index in [0.29, 0.717) is 25.0 Å². The third-order valence-electron chi connectivity index (χ3n) is 6.28. The molecule has 0 saturated carbocycles. The van der Waals surface area contributed by atoms with Crippen molar-refractivity contribution < 1.29 is 14.3 Å². The van der Waals surface area contributed by atoms with Crippen LogP contribution in [0, 0.1) is 0 Å². The van der Waals surface area contributed by atoms with Gasteiger partial charge in [0.25, 0.3) is 5.91 Å². The van der Waals surface area contributed by atoms with Crippen LogP contribution in [0.15, 0.2) is 24.9 Å². The lowest BCUT2D eigenvalue weighted by Gasteiger charge is -2.13. The van der Waals surface area contributed by atoms with Gasteiger partial charge in [0.05, 0.1) is 0 Å². The van der Waals surface area contributed by atoms with Gasteiger partial charge in [-0.2, -0.15) is 0 Å². The third kappa shape index (κ3) is 12.8. The number of carbonyl (C=O) groups is 2. The number of rotatable bonds is 20. The average Bonchev–Trinajstić information content (AvgIpc) is 3.12. The number of amides is 1. The number of hydrogen-bond acceptors (Lipinski definition) is 3. The molecule has 0 spiro atoms. The van der Waals surface area contributed by atoms with Gasteiger partial charge in [-0.25, -0.2) is 4.79 Å². The van der Waals surface area contributed by atoms with E-state index in [2.05, 4.69) is 20.1 Å². The standard InChI is InChI=1S/C27H47NO3/c1-4-6-7-8-9-10-11-12-13-14-15-16-17-18-19-20-21-24(3)27(30)31-25-22-23-28(5-2)26(25)29/h5,25H,2-4,6-23H2,1H3. The molecule has 1 fully saturated rings. The first kappa shape index (κ1) is 27.5. The van der Waals surface area contributed by atoms with Gasteiger partial charge in [-0.05, 0) is 19.0 Å². The fourth-order valence-corrected chi connectivity index (χ4v) is 4.17. The van der Waals surface area contributed by atoms with Crippen LogP contribution in [0.5, 0.6) is 0 Å². The number of nitrogens with zero attached hydrogens (tertiary/aromatic N) is 1. The van der Waals surface area contributed by atoms with Gasteiger partial charge in [-0.3, -0.25) is 4.79 Å². The van der Waals surface area contributed by atoms with E-state index in [-0.39, 0.29) is 5.91 Å². The van der Waals surface area contributed by atoms with E-state index in [1.807, 2.05) is 0 Å². The molecule has 31 heavy (non-hydrogen) atoms. The molecule has 1 amide bonds. The maximum Gasteiger partial charge on any atom is 0.334 e. The summed E-state index contributed by atoms with van der Waals surface area (Å²) in [6, 6.07) is 0. The van der Waals surface area contributed by atoms with Crippen molar-refractivity contribution in [3.05, 3.63) is 24.9 Å². The van der Waals surface area contributed by atoms with Crippen molar-refractivity contribution in [1.29, 1.82) is 0 Å². The van der Waals surface area contributed by atoms with E-state index in [9.17, 15) is 9.59 Å². The SMILES string of the molecule is C=CN1CCC(OC(=O)C(=C)CCCCCCCCCCCCCCCCCC)C1=O. The van der Waals surface area contributed by atoms with Gasteiger partial charge >= 0.3 is 5.97 Å². The predicted octanol–water partition coefficient (Wildman–Crippen LogP) is 7.48. The highest BCUT2D eigenvalue weighted by Crippen LogP contribution is 2.18. The molecule has 0 radical (unpaired) electrons. The van der Waals surface area contributed by atoms with E-state index in [0.717, 1.165) is 12.8 Å². The van der Waals surface area contributed by atoms with Crippen LogP contribution >= 0.6 is 0 Å². The molecule has 178 valence electrons. The zero-order chi connectivity index (χ0) is 22.7. The van der Waals surface area contributed by atoms with Gasteiger partial charge < -0.3 is 9.64 Å². The highest BCUT2D eigenvalue weighted by Gasteiger charge is 2.33. The summed E-state index contributed by atoms with van der Waals surface area (Å²) >= 11 is 0. The molecule has 0 aliphatic carbocycles. The summed E-state index contributed by atoms with van der Waals surface area (Å²) in [6.07, 6.45) is 23.3. The minimum Gasteiger partial charge on any atom is -0.449 e. The molecule has 1 aliphatic rings. The van der Waals surface area contributed by atoms with Crippen LogP contribution in [0.4, 0.5) is 0 Å². The molecule has 0 N–H and O–H groups in total. The summed E-state index contributed by atoms with van der Waals surface area (Å²) < 4.78 is 5.32. The lowest BCUT2D eigenvalue weighted by atomic mass is 10.0. The number of hydrogen-bond donors (Lipinski definition) is 0. The van der Waals surface area contributed by atoms with Gasteiger partial charge in [0.15, 0.2) is 6.10 Å². The quantitative estimate of drug-likeness (QED) is 0.114. The van der Waals surface area contributed by atoms with Crippen LogP contribution in [-0.2, 0) is 14.3 Å². The first-order chi connectivity index (χ1) is 15.1. The Labute approximate surface area is 191 Å². The topological polar surface area (TPSA) is 46.6 Å². The molecule has 4 heteroatoms. The van der Waals surface area contributed by atoms with E-state index in [1.54, 1.807) is 0 Å². The van der Waals surface area contributed by atoms with E-state index in [1.165, 1.54) is 101 Å². The lowest BCUT2D eigenvalue weighted by molar-refractivity contribution is -0.152. The maximum absolute atomic E-state index is 12.1. The van der Waals surface area contributed by atoms with Crippen molar-refractivity contribution in [3.8, 4) is 0 Å². The Morgan fingerprint density at radius 3 is 1.77 bits per heavy atom. The molecule has 1 heterocycles. The Bertz CT molecular complexity index is 529. The molecule has 1 aliphatic heterocycles. The molecular weight excluding hydrogens is 386 g/mol. The van der Waals surface area contributed by atoms with Gasteiger partial charge in [0.2, 0.25) is 0 Å². The predicted molar refractivity (Wildman–Crippen MR) is 130 cm³/mol. The van der Waals surface area contributed by atoms with Gasteiger partial charge in [-0.15, -0.1) is 0 Å². The fourth-order valence-electron chi connectivity index (χ4n) is 4.17. The Morgan fingerprint density at radius 1 is 0.903 bits per heavy atom. The molecular formula is C27H47NO3. The molecule has 1 unspecified atom stereocenters. The third-order valence-corrected chi connectivity index (χ3v) is 6.28. The van der Waals surface area contributed by atoms with E-state index in [4.69, 9.17) is 4.74 Å². The van der Waals surface area contributed by atoms with Crippen LogP contribution < -0.4 is 0 Å². The first-order valence-electron chi connectivity index (χ1n) is 12.9. The molecule has 1 rings (SSSR count). The van der Waals surface area contributed by atoms with E-state index < -0.39 is 12.1 Å². The van der Waals surface area contributed by atoms with Crippen molar-refractivity contribution in [3.63, 3.8) is 0 Å². The minimum atomic E-state index is -0.673. The second kappa shape index (κ2) is 18.0. The van der Waals surface area contributed by atoms with Crippen LogP contribution in [0.1, 0.15) is 122 Å². The van der Waals surface area contributed by atoms with Crippen molar-refractivity contribution >= 4 is 11.9 Å². The highest BCUT2D eigenvalue weighted by molar-refractivity contribution is 5.92. The highest BCUT2D eigenvalue weighted by atomic mass is 16.5. The van der Waals surface area contributed by atoms with Crippen LogP contribution in [0.2, 0.25) is 0 Å². The monoisotopic (exact) mass is 433 g/mol. The van der Waals surface area contributed by atoms with Crippen molar-refractivity contribution in [2.75, 3.05) is 6.54 Å². The Morgan fingerprint density at radius 2 is 1.35 bits per heavy atom. The minimum absolute atomic E-state index is 0.182. The summed E-state index contributed by atoms with van der Waals surface area (Å²) in [7, 11) is 0. The van der Waals surface area contributed by atoms with Crippen molar-refractivity contribution in [2.45, 2.75) is 129 Å². The summed E-state index contributed by atoms with van der Waals surface area (Å²) in [6.45, 7) is 10.3. The summed E-state index contributed by atoms with van der Waals surface area (Å²) in [5.41, 5.74) is 0.482. The summed E-state index contributed by atoms with van der Waals surface area (Å²) in [5.74, 6) is -0.608. The van der Waals surface area contributed by atoms with Gasteiger partial charge in [-0.1, -0.05) is 116 Å². The zero-order valence-corrected chi connectivity index (χ0v) is 20.2. The van der Waals surface area contributed by atoms with Gasteiger partial charge in [0, 0.05) is 18.5 Å². The number of esters is 1. The van der Waals surface area contributed by atoms with Crippen LogP contribution in [-0.4, -0.2) is 29.4 Å². The Kier molecular flexibility index (Phi) is 16.0. The van der Waals surface area contributed by atoms with E-state index >= 15 is 0 Å². The lowest BCUT2D eigenvalue weighted by Crippen LogP contribution is -2.29. The fraction of sp³-hybridized carbons (Fsp3) is 0.778. The number of carbonyl (C=O) groups excluding carboxylic acids is 2.